The lowest BCUT2D eigenvalue weighted by atomic mass is 9.89. The van der Waals surface area contributed by atoms with Crippen molar-refractivity contribution < 1.29 is 9.94 Å². The molecule has 0 unspecified atom stereocenters. The van der Waals surface area contributed by atoms with Gasteiger partial charge in [0.25, 0.3) is 0 Å². The first-order valence-electron chi connectivity index (χ1n) is 6.75. The normalized spacial score (nSPS) is 12.7. The molecule has 0 aliphatic rings. The molecule has 20 heavy (non-hydrogen) atoms. The zero-order valence-electron chi connectivity index (χ0n) is 12.5. The molecule has 112 valence electrons. The van der Waals surface area contributed by atoms with E-state index in [1.54, 1.807) is 7.11 Å². The highest BCUT2D eigenvalue weighted by molar-refractivity contribution is 5.96. The van der Waals surface area contributed by atoms with Crippen LogP contribution in [0.2, 0.25) is 0 Å². The number of rotatable bonds is 8. The highest BCUT2D eigenvalue weighted by Crippen LogP contribution is 2.18. The minimum Gasteiger partial charge on any atom is -0.409 e. The molecule has 0 spiro atoms. The molecular formula is C15H25N3O2. The number of nitrogens with two attached hydrogens (primary N) is 1. The topological polar surface area (TPSA) is 79.9 Å². The van der Waals surface area contributed by atoms with E-state index in [4.69, 9.17) is 15.7 Å². The predicted octanol–water partition coefficient (Wildman–Crippen LogP) is 1.93. The molecule has 0 fully saturated rings. The zero-order chi connectivity index (χ0) is 15.0. The standard InChI is InChI=1S/C15H25N3O2/c1-15(2,8-9-20-3)11-17-10-12-4-6-13(7-5-12)14(16)18-19/h4-7,17,19H,8-11H2,1-3H3,(H2,16,18). The van der Waals surface area contributed by atoms with Crippen LogP contribution in [0.3, 0.4) is 0 Å². The lowest BCUT2D eigenvalue weighted by Crippen LogP contribution is -2.30. The number of hydrogen-bond acceptors (Lipinski definition) is 4. The van der Waals surface area contributed by atoms with E-state index in [2.05, 4.69) is 24.3 Å². The number of benzene rings is 1. The summed E-state index contributed by atoms with van der Waals surface area (Å²) in [6, 6.07) is 7.65. The Morgan fingerprint density at radius 2 is 2.00 bits per heavy atom. The smallest absolute Gasteiger partial charge is 0.170 e. The maximum absolute atomic E-state index is 8.60. The number of methoxy groups -OCH3 is 1. The van der Waals surface area contributed by atoms with Gasteiger partial charge in [-0.2, -0.15) is 0 Å². The average molecular weight is 279 g/mol. The van der Waals surface area contributed by atoms with Crippen molar-refractivity contribution in [1.82, 2.24) is 5.32 Å². The third kappa shape index (κ3) is 5.59. The van der Waals surface area contributed by atoms with E-state index < -0.39 is 0 Å². The predicted molar refractivity (Wildman–Crippen MR) is 80.9 cm³/mol. The Labute approximate surface area is 120 Å². The average Bonchev–Trinajstić information content (AvgIpc) is 2.45. The third-order valence-corrected chi connectivity index (χ3v) is 3.27. The molecule has 0 radical (unpaired) electrons. The van der Waals surface area contributed by atoms with Crippen LogP contribution in [0.25, 0.3) is 0 Å². The molecule has 0 aliphatic heterocycles. The van der Waals surface area contributed by atoms with Crippen molar-refractivity contribution in [3.63, 3.8) is 0 Å². The van der Waals surface area contributed by atoms with Crippen LogP contribution in [0.5, 0.6) is 0 Å². The van der Waals surface area contributed by atoms with Crippen LogP contribution < -0.4 is 11.1 Å². The molecule has 1 aromatic carbocycles. The van der Waals surface area contributed by atoms with Gasteiger partial charge < -0.3 is 21.0 Å². The Balaban J connectivity index is 2.42. The second-order valence-corrected chi connectivity index (χ2v) is 5.69. The first-order valence-corrected chi connectivity index (χ1v) is 6.75. The molecule has 5 nitrogen and oxygen atoms in total. The summed E-state index contributed by atoms with van der Waals surface area (Å²) in [5.74, 6) is 0.130. The molecule has 1 rings (SSSR count). The van der Waals surface area contributed by atoms with Crippen molar-refractivity contribution in [3.05, 3.63) is 35.4 Å². The summed E-state index contributed by atoms with van der Waals surface area (Å²) in [5, 5.41) is 15.0. The minimum absolute atomic E-state index is 0.130. The molecule has 0 amide bonds. The van der Waals surface area contributed by atoms with Crippen LogP contribution in [0.1, 0.15) is 31.4 Å². The van der Waals surface area contributed by atoms with E-state index in [0.717, 1.165) is 31.7 Å². The fourth-order valence-corrected chi connectivity index (χ4v) is 1.86. The number of amidine groups is 1. The molecule has 0 aliphatic carbocycles. The second kappa shape index (κ2) is 7.87. The van der Waals surface area contributed by atoms with Crippen LogP contribution in [0.4, 0.5) is 0 Å². The van der Waals surface area contributed by atoms with E-state index in [1.807, 2.05) is 24.3 Å². The lowest BCUT2D eigenvalue weighted by molar-refractivity contribution is 0.150. The van der Waals surface area contributed by atoms with Crippen LogP contribution in [0.15, 0.2) is 29.4 Å². The summed E-state index contributed by atoms with van der Waals surface area (Å²) in [6.07, 6.45) is 1.03. The quantitative estimate of drug-likeness (QED) is 0.294. The summed E-state index contributed by atoms with van der Waals surface area (Å²) >= 11 is 0. The van der Waals surface area contributed by atoms with Gasteiger partial charge in [-0.3, -0.25) is 0 Å². The van der Waals surface area contributed by atoms with Crippen molar-refractivity contribution in [2.24, 2.45) is 16.3 Å². The van der Waals surface area contributed by atoms with Gasteiger partial charge in [-0.05, 0) is 17.4 Å². The van der Waals surface area contributed by atoms with E-state index in [-0.39, 0.29) is 11.3 Å². The van der Waals surface area contributed by atoms with Crippen LogP contribution in [0, 0.1) is 5.41 Å². The van der Waals surface area contributed by atoms with E-state index in [1.165, 1.54) is 5.56 Å². The number of ether oxygens (including phenoxy) is 1. The first kappa shape index (κ1) is 16.5. The summed E-state index contributed by atoms with van der Waals surface area (Å²) in [7, 11) is 1.73. The van der Waals surface area contributed by atoms with Crippen LogP contribution >= 0.6 is 0 Å². The van der Waals surface area contributed by atoms with E-state index in [9.17, 15) is 0 Å². The van der Waals surface area contributed by atoms with Gasteiger partial charge in [-0.15, -0.1) is 0 Å². The maximum Gasteiger partial charge on any atom is 0.170 e. The van der Waals surface area contributed by atoms with Gasteiger partial charge in [0.05, 0.1) is 0 Å². The molecule has 4 N–H and O–H groups in total. The van der Waals surface area contributed by atoms with Gasteiger partial charge >= 0.3 is 0 Å². The van der Waals surface area contributed by atoms with Gasteiger partial charge in [0, 0.05) is 32.4 Å². The Morgan fingerprint density at radius 3 is 2.55 bits per heavy atom. The number of hydrogen-bond donors (Lipinski definition) is 3. The largest absolute Gasteiger partial charge is 0.409 e. The molecule has 0 aromatic heterocycles. The van der Waals surface area contributed by atoms with Crippen molar-refractivity contribution in [2.75, 3.05) is 20.3 Å². The number of nitrogens with zero attached hydrogens (tertiary/aromatic N) is 1. The third-order valence-electron chi connectivity index (χ3n) is 3.27. The fraction of sp³-hybridized carbons (Fsp3) is 0.533. The molecule has 0 atom stereocenters. The van der Waals surface area contributed by atoms with Crippen LogP contribution in [-0.2, 0) is 11.3 Å². The number of oxime groups is 1. The summed E-state index contributed by atoms with van der Waals surface area (Å²) < 4.78 is 5.12. The number of nitrogens with one attached hydrogen (secondary N) is 1. The Hall–Kier alpha value is -1.59. The minimum atomic E-state index is 0.130. The van der Waals surface area contributed by atoms with Gasteiger partial charge in [-0.1, -0.05) is 43.3 Å². The molecular weight excluding hydrogens is 254 g/mol. The van der Waals surface area contributed by atoms with E-state index >= 15 is 0 Å². The summed E-state index contributed by atoms with van der Waals surface area (Å²) in [5.41, 5.74) is 7.62. The molecule has 5 heteroatoms. The molecule has 0 saturated heterocycles. The fourth-order valence-electron chi connectivity index (χ4n) is 1.86. The SMILES string of the molecule is COCCC(C)(C)CNCc1ccc(/C(N)=N/O)cc1. The van der Waals surface area contributed by atoms with Gasteiger partial charge in [0.2, 0.25) is 0 Å². The maximum atomic E-state index is 8.60. The second-order valence-electron chi connectivity index (χ2n) is 5.69. The summed E-state index contributed by atoms with van der Waals surface area (Å²) in [6.45, 7) is 6.95. The highest BCUT2D eigenvalue weighted by Gasteiger charge is 2.16. The van der Waals surface area contributed by atoms with Crippen molar-refractivity contribution >= 4 is 5.84 Å². The zero-order valence-corrected chi connectivity index (χ0v) is 12.5. The first-order chi connectivity index (χ1) is 9.48. The Morgan fingerprint density at radius 1 is 1.35 bits per heavy atom. The van der Waals surface area contributed by atoms with Crippen molar-refractivity contribution in [2.45, 2.75) is 26.8 Å². The van der Waals surface area contributed by atoms with Gasteiger partial charge in [0.1, 0.15) is 0 Å². The Kier molecular flexibility index (Phi) is 6.48. The monoisotopic (exact) mass is 279 g/mol. The highest BCUT2D eigenvalue weighted by atomic mass is 16.5. The molecule has 1 aromatic rings. The van der Waals surface area contributed by atoms with Crippen molar-refractivity contribution in [1.29, 1.82) is 0 Å². The van der Waals surface area contributed by atoms with Gasteiger partial charge in [0.15, 0.2) is 5.84 Å². The lowest BCUT2D eigenvalue weighted by Gasteiger charge is -2.24. The Bertz CT molecular complexity index is 427. The summed E-state index contributed by atoms with van der Waals surface area (Å²) in [4.78, 5) is 0. The molecule has 0 bridgehead atoms. The molecule has 0 heterocycles. The van der Waals surface area contributed by atoms with Crippen molar-refractivity contribution in [3.8, 4) is 0 Å². The molecule has 0 saturated carbocycles. The van der Waals surface area contributed by atoms with Crippen LogP contribution in [-0.4, -0.2) is 31.3 Å². The van der Waals surface area contributed by atoms with Gasteiger partial charge in [-0.25, -0.2) is 0 Å². The van der Waals surface area contributed by atoms with E-state index in [0.29, 0.717) is 0 Å².